The zero-order valence-corrected chi connectivity index (χ0v) is 13.4. The molecule has 2 nitrogen and oxygen atoms in total. The average molecular weight is 428 g/mol. The molecule has 0 spiro atoms. The van der Waals surface area contributed by atoms with Crippen molar-refractivity contribution in [2.24, 2.45) is 3.21 Å². The highest BCUT2D eigenvalue weighted by atomic mass is 127. The molecule has 82 valence electrons. The van der Waals surface area contributed by atoms with Gasteiger partial charge in [0.1, 0.15) is 5.84 Å². The topological polar surface area (TPSA) is 15.6 Å². The molecule has 0 aliphatic rings. The second-order valence-corrected chi connectivity index (χ2v) is 4.82. The zero-order valence-electron chi connectivity index (χ0n) is 9.09. The predicted octanol–water partition coefficient (Wildman–Crippen LogP) is 4.62. The van der Waals surface area contributed by atoms with Gasteiger partial charge in [-0.15, -0.1) is 0 Å². The molecule has 0 aliphatic carbocycles. The van der Waals surface area contributed by atoms with Crippen LogP contribution in [0.3, 0.4) is 0 Å². The van der Waals surface area contributed by atoms with E-state index in [0.717, 1.165) is 12.3 Å². The van der Waals surface area contributed by atoms with Crippen molar-refractivity contribution in [3.05, 3.63) is 29.3 Å². The molecule has 0 N–H and O–H groups in total. The summed E-state index contributed by atoms with van der Waals surface area (Å²) in [5, 5.41) is 0. The lowest BCUT2D eigenvalue weighted by Crippen LogP contribution is -2.20. The Kier molecular flexibility index (Phi) is 5.31. The first-order valence-corrected chi connectivity index (χ1v) is 6.74. The maximum absolute atomic E-state index is 4.27. The van der Waals surface area contributed by atoms with Crippen LogP contribution in [0, 0.1) is 13.8 Å². The number of nitrogens with zero attached hydrogens (tertiary/aromatic N) is 2. The van der Waals surface area contributed by atoms with Crippen molar-refractivity contribution in [1.82, 2.24) is 0 Å². The summed E-state index contributed by atoms with van der Waals surface area (Å²) in [6, 6.07) is 6.36. The van der Waals surface area contributed by atoms with Crippen molar-refractivity contribution < 1.29 is 0 Å². The molecule has 0 unspecified atom stereocenters. The molecule has 0 atom stereocenters. The first-order valence-electron chi connectivity index (χ1n) is 4.81. The fraction of sp³-hybridized carbons (Fsp3) is 0.364. The van der Waals surface area contributed by atoms with Crippen molar-refractivity contribution in [3.8, 4) is 0 Å². The highest BCUT2D eigenvalue weighted by Gasteiger charge is 2.13. The van der Waals surface area contributed by atoms with Gasteiger partial charge in [0, 0.05) is 6.42 Å². The second-order valence-electron chi connectivity index (χ2n) is 3.38. The van der Waals surface area contributed by atoms with Gasteiger partial charge in [-0.25, -0.2) is 3.21 Å². The Morgan fingerprint density at radius 2 is 1.87 bits per heavy atom. The van der Waals surface area contributed by atoms with E-state index in [0.29, 0.717) is 0 Å². The highest BCUT2D eigenvalue weighted by molar-refractivity contribution is 14.1. The minimum absolute atomic E-state index is 0.944. The van der Waals surface area contributed by atoms with Crippen LogP contribution in [0.15, 0.2) is 21.4 Å². The SMILES string of the molecule is CC/C(=N/I)N(I)c1c(C)cccc1C. The molecule has 0 fully saturated rings. The summed E-state index contributed by atoms with van der Waals surface area (Å²) in [4.78, 5) is 0. The summed E-state index contributed by atoms with van der Waals surface area (Å²) >= 11 is 4.37. The normalized spacial score (nSPS) is 11.7. The number of benzene rings is 1. The molecule has 0 amide bonds. The third-order valence-corrected chi connectivity index (χ3v) is 3.87. The number of amidine groups is 1. The van der Waals surface area contributed by atoms with Gasteiger partial charge in [-0.2, -0.15) is 0 Å². The molecule has 0 bridgehead atoms. The maximum Gasteiger partial charge on any atom is 0.124 e. The lowest BCUT2D eigenvalue weighted by Gasteiger charge is -2.21. The van der Waals surface area contributed by atoms with Crippen LogP contribution < -0.4 is 3.11 Å². The minimum Gasteiger partial charge on any atom is -0.269 e. The standard InChI is InChI=1S/C11H14I2N2/c1-4-10(14-12)15(13)11-8(2)6-5-7-9(11)3/h5-7H,4H2,1-3H3/b14-10-. The molecular weight excluding hydrogens is 414 g/mol. The van der Waals surface area contributed by atoms with Gasteiger partial charge >= 0.3 is 0 Å². The molecule has 0 radical (unpaired) electrons. The second kappa shape index (κ2) is 6.03. The lowest BCUT2D eigenvalue weighted by molar-refractivity contribution is 1.24. The summed E-state index contributed by atoms with van der Waals surface area (Å²) in [6.45, 7) is 6.39. The zero-order chi connectivity index (χ0) is 11.4. The smallest absolute Gasteiger partial charge is 0.124 e. The summed E-state index contributed by atoms with van der Waals surface area (Å²) in [5.41, 5.74) is 3.83. The number of para-hydroxylation sites is 1. The van der Waals surface area contributed by atoms with E-state index in [1.54, 1.807) is 0 Å². The fourth-order valence-corrected chi connectivity index (χ4v) is 3.66. The van der Waals surface area contributed by atoms with Gasteiger partial charge in [0.25, 0.3) is 0 Å². The summed E-state index contributed by atoms with van der Waals surface area (Å²) in [6.07, 6.45) is 0.944. The van der Waals surface area contributed by atoms with Gasteiger partial charge in [0.2, 0.25) is 0 Å². The highest BCUT2D eigenvalue weighted by Crippen LogP contribution is 2.28. The fourth-order valence-electron chi connectivity index (χ4n) is 1.48. The molecule has 0 saturated carbocycles. The molecular formula is C11H14I2N2. The van der Waals surface area contributed by atoms with E-state index in [-0.39, 0.29) is 0 Å². The van der Waals surface area contributed by atoms with Crippen molar-refractivity contribution in [3.63, 3.8) is 0 Å². The quantitative estimate of drug-likeness (QED) is 0.291. The van der Waals surface area contributed by atoms with Gasteiger partial charge in [0.05, 0.1) is 51.4 Å². The number of aryl methyl sites for hydroxylation is 2. The van der Waals surface area contributed by atoms with Crippen molar-refractivity contribution >= 4 is 57.3 Å². The number of rotatable bonds is 2. The van der Waals surface area contributed by atoms with Crippen molar-refractivity contribution in [1.29, 1.82) is 0 Å². The number of anilines is 1. The van der Waals surface area contributed by atoms with Crippen LogP contribution in [0.5, 0.6) is 0 Å². The van der Waals surface area contributed by atoms with Gasteiger partial charge in [-0.3, -0.25) is 3.11 Å². The van der Waals surface area contributed by atoms with Gasteiger partial charge < -0.3 is 0 Å². The molecule has 4 heteroatoms. The predicted molar refractivity (Wildman–Crippen MR) is 84.2 cm³/mol. The largest absolute Gasteiger partial charge is 0.269 e. The third-order valence-electron chi connectivity index (χ3n) is 2.28. The maximum atomic E-state index is 4.27. The monoisotopic (exact) mass is 428 g/mol. The molecule has 0 saturated heterocycles. The summed E-state index contributed by atoms with van der Waals surface area (Å²) < 4.78 is 6.42. The molecule has 0 heterocycles. The van der Waals surface area contributed by atoms with E-state index in [9.17, 15) is 0 Å². The Morgan fingerprint density at radius 1 is 1.33 bits per heavy atom. The van der Waals surface area contributed by atoms with Crippen molar-refractivity contribution in [2.45, 2.75) is 27.2 Å². The molecule has 1 aromatic rings. The summed E-state index contributed by atoms with van der Waals surface area (Å²) in [7, 11) is 0. The first kappa shape index (κ1) is 13.2. The Bertz CT molecular complexity index is 355. The molecule has 0 aliphatic heterocycles. The van der Waals surface area contributed by atoms with Crippen LogP contribution in [0.2, 0.25) is 0 Å². The minimum atomic E-state index is 0.944. The number of hydrogen-bond acceptors (Lipinski definition) is 1. The van der Waals surface area contributed by atoms with Crippen LogP contribution in [0.4, 0.5) is 5.69 Å². The Morgan fingerprint density at radius 3 is 2.27 bits per heavy atom. The van der Waals surface area contributed by atoms with E-state index in [1.807, 2.05) is 0 Å². The van der Waals surface area contributed by atoms with E-state index < -0.39 is 0 Å². The van der Waals surface area contributed by atoms with Crippen LogP contribution in [-0.4, -0.2) is 5.84 Å². The van der Waals surface area contributed by atoms with Gasteiger partial charge in [-0.05, 0) is 25.0 Å². The van der Waals surface area contributed by atoms with E-state index in [1.165, 1.54) is 16.8 Å². The molecule has 0 aromatic heterocycles. The van der Waals surface area contributed by atoms with Crippen LogP contribution in [0.25, 0.3) is 0 Å². The Labute approximate surface area is 119 Å². The third kappa shape index (κ3) is 3.05. The molecule has 15 heavy (non-hydrogen) atoms. The molecule has 1 aromatic carbocycles. The van der Waals surface area contributed by atoms with Crippen molar-refractivity contribution in [2.75, 3.05) is 3.11 Å². The van der Waals surface area contributed by atoms with Gasteiger partial charge in [0.15, 0.2) is 0 Å². The summed E-state index contributed by atoms with van der Waals surface area (Å²) in [5.74, 6) is 1.09. The number of halogens is 2. The number of hydrogen-bond donors (Lipinski definition) is 0. The van der Waals surface area contributed by atoms with E-state index >= 15 is 0 Å². The Balaban J connectivity index is 3.16. The van der Waals surface area contributed by atoms with E-state index in [4.69, 9.17) is 0 Å². The Hall–Kier alpha value is 0.150. The first-order chi connectivity index (χ1) is 7.11. The molecule has 1 rings (SSSR count). The van der Waals surface area contributed by atoms with Gasteiger partial charge in [-0.1, -0.05) is 25.1 Å². The average Bonchev–Trinajstić information content (AvgIpc) is 2.19. The van der Waals surface area contributed by atoms with Crippen LogP contribution in [0.1, 0.15) is 24.5 Å². The van der Waals surface area contributed by atoms with Crippen LogP contribution in [-0.2, 0) is 0 Å². The van der Waals surface area contributed by atoms with E-state index in [2.05, 4.69) is 91.0 Å². The van der Waals surface area contributed by atoms with Crippen LogP contribution >= 0.6 is 45.7 Å². The lowest BCUT2D eigenvalue weighted by atomic mass is 10.1.